The number of carbonyl (C=O) groups excluding carboxylic acids is 1. The van der Waals surface area contributed by atoms with Crippen molar-refractivity contribution in [1.29, 1.82) is 0 Å². The molecule has 3 heterocycles. The van der Waals surface area contributed by atoms with E-state index in [1.807, 2.05) is 34.9 Å². The van der Waals surface area contributed by atoms with Gasteiger partial charge in [0.1, 0.15) is 22.3 Å². The maximum absolute atomic E-state index is 13.1. The lowest BCUT2D eigenvalue weighted by atomic mass is 10.3. The standard InChI is InChI=1S/C24H18FN5O3S2/c1-32-19-6-3-2-5-18(19)30-22(20-7-4-12-33-20)28-29-24(30)35-14-21-27-17(13-34-21)23(31)26-16-10-8-15(25)9-11-16/h2-13H,14H2,1H3,(H,26,31). The fourth-order valence-corrected chi connectivity index (χ4v) is 5.03. The molecule has 1 amide bonds. The van der Waals surface area contributed by atoms with Gasteiger partial charge in [0.2, 0.25) is 5.82 Å². The lowest BCUT2D eigenvalue weighted by Crippen LogP contribution is -2.12. The fourth-order valence-electron chi connectivity index (χ4n) is 3.30. The first kappa shape index (κ1) is 22.8. The molecule has 35 heavy (non-hydrogen) atoms. The fraction of sp³-hybridized carbons (Fsp3) is 0.0833. The van der Waals surface area contributed by atoms with Crippen molar-refractivity contribution in [2.75, 3.05) is 12.4 Å². The number of ether oxygens (including phenoxy) is 1. The third-order valence-corrected chi connectivity index (χ3v) is 6.88. The van der Waals surface area contributed by atoms with Gasteiger partial charge in [0.15, 0.2) is 10.9 Å². The quantitative estimate of drug-likeness (QED) is 0.270. The molecule has 2 aromatic carbocycles. The Morgan fingerprint density at radius 3 is 2.74 bits per heavy atom. The SMILES string of the molecule is COc1ccccc1-n1c(SCc2nc(C(=O)Nc3ccc(F)cc3)cs2)nnc1-c1ccco1. The Labute approximate surface area is 207 Å². The number of furan rings is 1. The van der Waals surface area contributed by atoms with Crippen molar-refractivity contribution >= 4 is 34.7 Å². The van der Waals surface area contributed by atoms with Crippen molar-refractivity contribution < 1.29 is 18.3 Å². The van der Waals surface area contributed by atoms with Crippen LogP contribution in [-0.4, -0.2) is 32.8 Å². The van der Waals surface area contributed by atoms with Gasteiger partial charge >= 0.3 is 0 Å². The van der Waals surface area contributed by atoms with E-state index in [1.165, 1.54) is 47.4 Å². The minimum absolute atomic E-state index is 0.289. The van der Waals surface area contributed by atoms with Crippen molar-refractivity contribution in [3.8, 4) is 23.0 Å². The number of methoxy groups -OCH3 is 1. The Bertz CT molecular complexity index is 1450. The predicted molar refractivity (Wildman–Crippen MR) is 132 cm³/mol. The molecule has 0 radical (unpaired) electrons. The predicted octanol–water partition coefficient (Wildman–Crippen LogP) is 5.68. The van der Waals surface area contributed by atoms with Crippen LogP contribution in [0.15, 0.2) is 81.9 Å². The molecule has 0 aliphatic rings. The highest BCUT2D eigenvalue weighted by Gasteiger charge is 2.21. The van der Waals surface area contributed by atoms with Crippen LogP contribution in [0, 0.1) is 5.82 Å². The van der Waals surface area contributed by atoms with Gasteiger partial charge in [0, 0.05) is 11.1 Å². The average Bonchev–Trinajstić information content (AvgIpc) is 3.64. The molecule has 0 spiro atoms. The number of amides is 1. The summed E-state index contributed by atoms with van der Waals surface area (Å²) in [6.45, 7) is 0. The molecular weight excluding hydrogens is 489 g/mol. The van der Waals surface area contributed by atoms with E-state index in [2.05, 4.69) is 20.5 Å². The van der Waals surface area contributed by atoms with E-state index in [9.17, 15) is 9.18 Å². The van der Waals surface area contributed by atoms with Crippen molar-refractivity contribution in [3.05, 3.63) is 88.8 Å². The minimum Gasteiger partial charge on any atom is -0.495 e. The largest absolute Gasteiger partial charge is 0.495 e. The lowest BCUT2D eigenvalue weighted by molar-refractivity contribution is 0.102. The smallest absolute Gasteiger partial charge is 0.275 e. The number of halogens is 1. The van der Waals surface area contributed by atoms with Gasteiger partial charge in [-0.05, 0) is 48.5 Å². The van der Waals surface area contributed by atoms with E-state index in [-0.39, 0.29) is 17.4 Å². The van der Waals surface area contributed by atoms with E-state index in [0.717, 1.165) is 10.7 Å². The number of anilines is 1. The highest BCUT2D eigenvalue weighted by atomic mass is 32.2. The summed E-state index contributed by atoms with van der Waals surface area (Å²) in [5.41, 5.74) is 1.56. The zero-order valence-corrected chi connectivity index (χ0v) is 20.0. The highest BCUT2D eigenvalue weighted by Crippen LogP contribution is 2.34. The molecule has 5 rings (SSSR count). The van der Waals surface area contributed by atoms with Gasteiger partial charge in [-0.15, -0.1) is 21.5 Å². The molecule has 3 aromatic heterocycles. The third kappa shape index (κ3) is 4.96. The Hall–Kier alpha value is -3.96. The van der Waals surface area contributed by atoms with Gasteiger partial charge in [-0.2, -0.15) is 0 Å². The number of thiazole rings is 1. The zero-order valence-electron chi connectivity index (χ0n) is 18.3. The summed E-state index contributed by atoms with van der Waals surface area (Å²) in [6.07, 6.45) is 1.58. The second-order valence-corrected chi connectivity index (χ2v) is 9.05. The van der Waals surface area contributed by atoms with Gasteiger partial charge in [-0.25, -0.2) is 9.37 Å². The monoisotopic (exact) mass is 507 g/mol. The number of nitrogens with zero attached hydrogens (tertiary/aromatic N) is 4. The van der Waals surface area contributed by atoms with Crippen LogP contribution < -0.4 is 10.1 Å². The van der Waals surface area contributed by atoms with Crippen LogP contribution in [0.4, 0.5) is 10.1 Å². The molecule has 0 saturated carbocycles. The molecule has 0 fully saturated rings. The van der Waals surface area contributed by atoms with Gasteiger partial charge in [-0.3, -0.25) is 9.36 Å². The van der Waals surface area contributed by atoms with Crippen molar-refractivity contribution in [2.45, 2.75) is 10.9 Å². The van der Waals surface area contributed by atoms with E-state index >= 15 is 0 Å². The van der Waals surface area contributed by atoms with E-state index < -0.39 is 0 Å². The molecule has 0 unspecified atom stereocenters. The summed E-state index contributed by atoms with van der Waals surface area (Å²) in [7, 11) is 1.61. The molecule has 1 N–H and O–H groups in total. The van der Waals surface area contributed by atoms with Crippen molar-refractivity contribution in [3.63, 3.8) is 0 Å². The Morgan fingerprint density at radius 1 is 1.14 bits per heavy atom. The topological polar surface area (TPSA) is 95.1 Å². The summed E-state index contributed by atoms with van der Waals surface area (Å²) in [5, 5.41) is 14.5. The van der Waals surface area contributed by atoms with Crippen LogP contribution in [-0.2, 0) is 5.75 Å². The Kier molecular flexibility index (Phi) is 6.59. The molecule has 176 valence electrons. The normalized spacial score (nSPS) is 10.9. The second kappa shape index (κ2) is 10.1. The summed E-state index contributed by atoms with van der Waals surface area (Å²) in [6, 6.07) is 16.7. The first-order chi connectivity index (χ1) is 17.1. The maximum atomic E-state index is 13.1. The van der Waals surface area contributed by atoms with Crippen LogP contribution in [0.5, 0.6) is 5.75 Å². The van der Waals surface area contributed by atoms with Crippen LogP contribution in [0.2, 0.25) is 0 Å². The summed E-state index contributed by atoms with van der Waals surface area (Å²) in [4.78, 5) is 17.0. The maximum Gasteiger partial charge on any atom is 0.275 e. The second-order valence-electron chi connectivity index (χ2n) is 7.17. The van der Waals surface area contributed by atoms with E-state index in [0.29, 0.717) is 33.9 Å². The van der Waals surface area contributed by atoms with Gasteiger partial charge in [0.05, 0.1) is 24.8 Å². The highest BCUT2D eigenvalue weighted by molar-refractivity contribution is 7.98. The number of carbonyl (C=O) groups is 1. The number of nitrogens with one attached hydrogen (secondary N) is 1. The molecule has 5 aromatic rings. The van der Waals surface area contributed by atoms with Crippen molar-refractivity contribution in [2.24, 2.45) is 0 Å². The molecule has 0 saturated heterocycles. The molecule has 0 bridgehead atoms. The average molecular weight is 508 g/mol. The van der Waals surface area contributed by atoms with Crippen LogP contribution >= 0.6 is 23.1 Å². The number of hydrogen-bond acceptors (Lipinski definition) is 8. The minimum atomic E-state index is -0.368. The van der Waals surface area contributed by atoms with Gasteiger partial charge in [0.25, 0.3) is 5.91 Å². The first-order valence-corrected chi connectivity index (χ1v) is 12.3. The Balaban J connectivity index is 1.36. The number of hydrogen-bond donors (Lipinski definition) is 1. The number of rotatable bonds is 8. The molecule has 0 aliphatic carbocycles. The van der Waals surface area contributed by atoms with E-state index in [4.69, 9.17) is 9.15 Å². The van der Waals surface area contributed by atoms with Crippen LogP contribution in [0.25, 0.3) is 17.3 Å². The summed E-state index contributed by atoms with van der Waals surface area (Å²) < 4.78 is 26.1. The molecule has 0 aliphatic heterocycles. The molecule has 8 nitrogen and oxygen atoms in total. The first-order valence-electron chi connectivity index (χ1n) is 10.4. The van der Waals surface area contributed by atoms with Crippen LogP contribution in [0.3, 0.4) is 0 Å². The number of benzene rings is 2. The molecular formula is C24H18FN5O3S2. The summed E-state index contributed by atoms with van der Waals surface area (Å²) >= 11 is 2.80. The van der Waals surface area contributed by atoms with E-state index in [1.54, 1.807) is 24.8 Å². The Morgan fingerprint density at radius 2 is 1.97 bits per heavy atom. The number of para-hydroxylation sites is 2. The molecule has 0 atom stereocenters. The lowest BCUT2D eigenvalue weighted by Gasteiger charge is -2.12. The van der Waals surface area contributed by atoms with Crippen molar-refractivity contribution in [1.82, 2.24) is 19.7 Å². The van der Waals surface area contributed by atoms with Crippen LogP contribution in [0.1, 0.15) is 15.5 Å². The number of aromatic nitrogens is 4. The summed E-state index contributed by atoms with van der Waals surface area (Å²) in [5.74, 6) is 1.52. The molecule has 11 heteroatoms. The third-order valence-electron chi connectivity index (χ3n) is 4.91. The van der Waals surface area contributed by atoms with Gasteiger partial charge < -0.3 is 14.5 Å². The zero-order chi connectivity index (χ0) is 24.2. The number of thioether (sulfide) groups is 1. The van der Waals surface area contributed by atoms with Gasteiger partial charge in [-0.1, -0.05) is 23.9 Å².